The Morgan fingerprint density at radius 2 is 1.40 bits per heavy atom. The number of hydrogen-bond acceptors (Lipinski definition) is 5. The average molecular weight is 220 g/mol. The molecule has 0 amide bonds. The van der Waals surface area contributed by atoms with Gasteiger partial charge in [-0.25, -0.2) is 0 Å². The Morgan fingerprint density at radius 3 is 1.93 bits per heavy atom. The molecule has 0 bridgehead atoms. The highest BCUT2D eigenvalue weighted by atomic mass is 16.9. The largest absolute Gasteiger partial charge is 0.314 e. The van der Waals surface area contributed by atoms with E-state index in [9.17, 15) is 20.2 Å². The zero-order valence-electron chi connectivity index (χ0n) is 8.59. The van der Waals surface area contributed by atoms with Crippen LogP contribution in [-0.2, 0) is 4.84 Å². The van der Waals surface area contributed by atoms with Gasteiger partial charge < -0.3 is 4.84 Å². The maximum Gasteiger partial charge on any atom is 0.294 e. The molecule has 0 fully saturated rings. The number of rotatable bonds is 10. The highest BCUT2D eigenvalue weighted by molar-refractivity contribution is 4.44. The molecule has 0 radical (unpaired) electrons. The van der Waals surface area contributed by atoms with Crippen LogP contribution in [0.25, 0.3) is 0 Å². The Bertz CT molecular complexity index is 177. The van der Waals surface area contributed by atoms with E-state index < -0.39 is 5.09 Å². The molecular formula is C8H16N2O5. The Kier molecular flexibility index (Phi) is 8.31. The highest BCUT2D eigenvalue weighted by Crippen LogP contribution is 2.05. The molecule has 0 spiro atoms. The van der Waals surface area contributed by atoms with Gasteiger partial charge in [-0.1, -0.05) is 19.3 Å². The lowest BCUT2D eigenvalue weighted by Gasteiger charge is -1.99. The number of nitro groups is 1. The summed E-state index contributed by atoms with van der Waals surface area (Å²) in [5, 5.41) is 18.9. The number of hydrogen-bond donors (Lipinski definition) is 0. The molecule has 0 rings (SSSR count). The van der Waals surface area contributed by atoms with Gasteiger partial charge in [-0.3, -0.25) is 10.1 Å². The van der Waals surface area contributed by atoms with Crippen molar-refractivity contribution in [3.05, 3.63) is 20.2 Å². The van der Waals surface area contributed by atoms with Crippen molar-refractivity contribution < 1.29 is 14.8 Å². The first-order valence-corrected chi connectivity index (χ1v) is 5.02. The second-order valence-electron chi connectivity index (χ2n) is 3.23. The predicted molar refractivity (Wildman–Crippen MR) is 52.5 cm³/mol. The van der Waals surface area contributed by atoms with Gasteiger partial charge in [0, 0.05) is 11.3 Å². The van der Waals surface area contributed by atoms with Crippen LogP contribution in [0.4, 0.5) is 0 Å². The third kappa shape index (κ3) is 12.6. The first-order valence-electron chi connectivity index (χ1n) is 5.02. The first kappa shape index (κ1) is 13.6. The summed E-state index contributed by atoms with van der Waals surface area (Å²) in [6.07, 6.45) is 4.86. The summed E-state index contributed by atoms with van der Waals surface area (Å²) in [4.78, 5) is 23.5. The summed E-state index contributed by atoms with van der Waals surface area (Å²) in [5.41, 5.74) is 0. The van der Waals surface area contributed by atoms with Gasteiger partial charge in [-0.2, -0.15) is 0 Å². The Morgan fingerprint density at radius 1 is 0.867 bits per heavy atom. The lowest BCUT2D eigenvalue weighted by molar-refractivity contribution is -0.757. The van der Waals surface area contributed by atoms with Crippen LogP contribution in [0.2, 0.25) is 0 Å². The molecule has 0 aliphatic rings. The van der Waals surface area contributed by atoms with Gasteiger partial charge in [0.25, 0.3) is 5.09 Å². The predicted octanol–water partition coefficient (Wildman–Crippen LogP) is 1.81. The molecule has 7 heteroatoms. The summed E-state index contributed by atoms with van der Waals surface area (Å²) in [6.45, 7) is 0.173. The van der Waals surface area contributed by atoms with Crippen LogP contribution < -0.4 is 0 Å². The van der Waals surface area contributed by atoms with Gasteiger partial charge in [0.05, 0.1) is 6.61 Å². The fraction of sp³-hybridized carbons (Fsp3) is 1.00. The van der Waals surface area contributed by atoms with E-state index in [1.54, 1.807) is 0 Å². The summed E-state index contributed by atoms with van der Waals surface area (Å²) < 4.78 is 0. The maximum atomic E-state index is 9.96. The molecule has 0 saturated heterocycles. The van der Waals surface area contributed by atoms with Crippen LogP contribution in [-0.4, -0.2) is 23.2 Å². The molecule has 0 aromatic rings. The van der Waals surface area contributed by atoms with Gasteiger partial charge in [0.2, 0.25) is 6.54 Å². The smallest absolute Gasteiger partial charge is 0.294 e. The molecule has 7 nitrogen and oxygen atoms in total. The van der Waals surface area contributed by atoms with Crippen molar-refractivity contribution in [2.45, 2.75) is 38.5 Å². The Labute approximate surface area is 87.7 Å². The molecule has 0 heterocycles. The Balaban J connectivity index is 2.99. The minimum Gasteiger partial charge on any atom is -0.314 e. The Hall–Kier alpha value is -1.40. The first-order chi connectivity index (χ1) is 7.13. The molecule has 0 aliphatic carbocycles. The SMILES string of the molecule is O=[N+]([O-])CCCCCCCCO[N+](=O)[O-]. The zero-order valence-corrected chi connectivity index (χ0v) is 8.59. The molecule has 88 valence electrons. The van der Waals surface area contributed by atoms with Crippen LogP contribution in [0, 0.1) is 20.2 Å². The van der Waals surface area contributed by atoms with Crippen molar-refractivity contribution >= 4 is 0 Å². The average Bonchev–Trinajstić information content (AvgIpc) is 2.14. The maximum absolute atomic E-state index is 9.96. The zero-order chi connectivity index (χ0) is 11.5. The van der Waals surface area contributed by atoms with Crippen LogP contribution >= 0.6 is 0 Å². The normalized spacial score (nSPS) is 9.87. The molecule has 0 atom stereocenters. The van der Waals surface area contributed by atoms with Crippen molar-refractivity contribution in [3.63, 3.8) is 0 Å². The molecule has 0 aromatic carbocycles. The topological polar surface area (TPSA) is 95.5 Å². The molecule has 0 aliphatic heterocycles. The molecule has 0 N–H and O–H groups in total. The highest BCUT2D eigenvalue weighted by Gasteiger charge is 1.97. The van der Waals surface area contributed by atoms with E-state index in [1.165, 1.54) is 0 Å². The standard InChI is InChI=1S/C8H16N2O5/c11-9(12)7-5-3-1-2-4-6-8-15-10(13)14/h1-8H2. The quantitative estimate of drug-likeness (QED) is 0.318. The van der Waals surface area contributed by atoms with Gasteiger partial charge in [0.15, 0.2) is 0 Å². The second-order valence-corrected chi connectivity index (χ2v) is 3.23. The van der Waals surface area contributed by atoms with E-state index in [2.05, 4.69) is 4.84 Å². The molecule has 0 unspecified atom stereocenters. The second kappa shape index (κ2) is 9.17. The third-order valence-electron chi connectivity index (χ3n) is 1.93. The molecule has 0 aromatic heterocycles. The number of unbranched alkanes of at least 4 members (excludes halogenated alkanes) is 5. The van der Waals surface area contributed by atoms with Crippen LogP contribution in [0.15, 0.2) is 0 Å². The monoisotopic (exact) mass is 220 g/mol. The molecule has 0 saturated carbocycles. The summed E-state index contributed by atoms with van der Waals surface area (Å²) in [7, 11) is 0. The van der Waals surface area contributed by atoms with Crippen LogP contribution in [0.3, 0.4) is 0 Å². The summed E-state index contributed by atoms with van der Waals surface area (Å²) in [6, 6.07) is 0. The van der Waals surface area contributed by atoms with Crippen molar-refractivity contribution in [1.29, 1.82) is 0 Å². The van der Waals surface area contributed by atoms with E-state index in [0.717, 1.165) is 25.7 Å². The summed E-state index contributed by atoms with van der Waals surface area (Å²) >= 11 is 0. The molecule has 15 heavy (non-hydrogen) atoms. The van der Waals surface area contributed by atoms with E-state index >= 15 is 0 Å². The fourth-order valence-corrected chi connectivity index (χ4v) is 1.19. The van der Waals surface area contributed by atoms with Crippen LogP contribution in [0.1, 0.15) is 38.5 Å². The van der Waals surface area contributed by atoms with Crippen molar-refractivity contribution in [1.82, 2.24) is 0 Å². The van der Waals surface area contributed by atoms with Crippen molar-refractivity contribution in [3.8, 4) is 0 Å². The van der Waals surface area contributed by atoms with Gasteiger partial charge in [-0.05, 0) is 12.8 Å². The van der Waals surface area contributed by atoms with Crippen molar-refractivity contribution in [2.24, 2.45) is 0 Å². The van der Waals surface area contributed by atoms with Crippen molar-refractivity contribution in [2.75, 3.05) is 13.2 Å². The van der Waals surface area contributed by atoms with E-state index in [0.29, 0.717) is 12.8 Å². The van der Waals surface area contributed by atoms with E-state index in [4.69, 9.17) is 0 Å². The minimum absolute atomic E-state index is 0.0322. The van der Waals surface area contributed by atoms with E-state index in [-0.39, 0.29) is 18.1 Å². The van der Waals surface area contributed by atoms with Crippen LogP contribution in [0.5, 0.6) is 0 Å². The van der Waals surface area contributed by atoms with Gasteiger partial charge in [0.1, 0.15) is 0 Å². The van der Waals surface area contributed by atoms with E-state index in [1.807, 2.05) is 0 Å². The van der Waals surface area contributed by atoms with Gasteiger partial charge >= 0.3 is 0 Å². The lowest BCUT2D eigenvalue weighted by atomic mass is 10.1. The lowest BCUT2D eigenvalue weighted by Crippen LogP contribution is -2.02. The van der Waals surface area contributed by atoms with Gasteiger partial charge in [-0.15, -0.1) is 10.1 Å². The molecular weight excluding hydrogens is 204 g/mol. The fourth-order valence-electron chi connectivity index (χ4n) is 1.19. The third-order valence-corrected chi connectivity index (χ3v) is 1.93. The number of nitrogens with zero attached hydrogens (tertiary/aromatic N) is 2. The minimum atomic E-state index is -0.795. The summed E-state index contributed by atoms with van der Waals surface area (Å²) in [5.74, 6) is 0.